The Morgan fingerprint density at radius 2 is 1.79 bits per heavy atom. The Labute approximate surface area is 165 Å². The average molecular weight is 387 g/mol. The Kier molecular flexibility index (Phi) is 5.69. The van der Waals surface area contributed by atoms with E-state index in [0.717, 1.165) is 36.7 Å². The van der Waals surface area contributed by atoms with Crippen molar-refractivity contribution in [3.05, 3.63) is 45.1 Å². The maximum Gasteiger partial charge on any atom is 0.266 e. The molecule has 0 unspecified atom stereocenters. The summed E-state index contributed by atoms with van der Waals surface area (Å²) >= 11 is 0. The monoisotopic (exact) mass is 386 g/mol. The molecule has 0 aromatic carbocycles. The lowest BCUT2D eigenvalue weighted by Crippen LogP contribution is -2.49. The molecule has 1 aliphatic rings. The number of hydrogen-bond donors (Lipinski definition) is 1. The minimum absolute atomic E-state index is 0.0409. The van der Waals surface area contributed by atoms with Crippen molar-refractivity contribution in [2.45, 2.75) is 46.6 Å². The van der Waals surface area contributed by atoms with Gasteiger partial charge in [0.25, 0.3) is 11.5 Å². The van der Waals surface area contributed by atoms with Crippen molar-refractivity contribution in [3.63, 3.8) is 0 Å². The number of carbonyl (C=O) groups is 1. The SMILES string of the molecule is Cc1n[nH]c(C)c1C(=O)N1CCN(CCn2nc(C(C)(C)C)ccc2=O)CC1. The number of hydrogen-bond acceptors (Lipinski definition) is 5. The van der Waals surface area contributed by atoms with Crippen LogP contribution in [0.3, 0.4) is 0 Å². The zero-order chi connectivity index (χ0) is 20.5. The summed E-state index contributed by atoms with van der Waals surface area (Å²) in [5.74, 6) is 0.0409. The predicted molar refractivity (Wildman–Crippen MR) is 108 cm³/mol. The van der Waals surface area contributed by atoms with Gasteiger partial charge in [0.15, 0.2) is 0 Å². The molecule has 1 aliphatic heterocycles. The first kappa shape index (κ1) is 20.3. The fraction of sp³-hybridized carbons (Fsp3) is 0.600. The van der Waals surface area contributed by atoms with Crippen LogP contribution in [0.15, 0.2) is 16.9 Å². The zero-order valence-electron chi connectivity index (χ0n) is 17.4. The largest absolute Gasteiger partial charge is 0.336 e. The number of H-pyrrole nitrogens is 1. The van der Waals surface area contributed by atoms with Gasteiger partial charge < -0.3 is 4.90 Å². The van der Waals surface area contributed by atoms with E-state index in [1.165, 1.54) is 0 Å². The Balaban J connectivity index is 1.57. The lowest BCUT2D eigenvalue weighted by atomic mass is 9.92. The standard InChI is InChI=1S/C20H30N6O2/c1-14-18(15(2)22-21-14)19(28)25-11-8-24(9-12-25)10-13-26-17(27)7-6-16(23-26)20(3,4)5/h6-7H,8-13H2,1-5H3,(H,21,22). The van der Waals surface area contributed by atoms with Crippen LogP contribution in [0.1, 0.15) is 48.2 Å². The maximum atomic E-state index is 12.8. The van der Waals surface area contributed by atoms with Gasteiger partial charge in [-0.15, -0.1) is 0 Å². The van der Waals surface area contributed by atoms with Crippen molar-refractivity contribution in [2.24, 2.45) is 0 Å². The minimum Gasteiger partial charge on any atom is -0.336 e. The van der Waals surface area contributed by atoms with Crippen LogP contribution in [0, 0.1) is 13.8 Å². The van der Waals surface area contributed by atoms with E-state index < -0.39 is 0 Å². The van der Waals surface area contributed by atoms with Gasteiger partial charge in [0.2, 0.25) is 0 Å². The van der Waals surface area contributed by atoms with Gasteiger partial charge in [-0.05, 0) is 19.9 Å². The summed E-state index contributed by atoms with van der Waals surface area (Å²) in [7, 11) is 0. The topological polar surface area (TPSA) is 87.1 Å². The van der Waals surface area contributed by atoms with E-state index in [9.17, 15) is 9.59 Å². The van der Waals surface area contributed by atoms with Crippen LogP contribution >= 0.6 is 0 Å². The first-order chi connectivity index (χ1) is 13.2. The van der Waals surface area contributed by atoms with Gasteiger partial charge in [0, 0.05) is 49.9 Å². The van der Waals surface area contributed by atoms with Crippen LogP contribution in [0.2, 0.25) is 0 Å². The van der Waals surface area contributed by atoms with Gasteiger partial charge in [-0.25, -0.2) is 4.68 Å². The summed E-state index contributed by atoms with van der Waals surface area (Å²) in [4.78, 5) is 29.0. The highest BCUT2D eigenvalue weighted by Crippen LogP contribution is 2.18. The molecule has 3 rings (SSSR count). The molecule has 8 nitrogen and oxygen atoms in total. The lowest BCUT2D eigenvalue weighted by molar-refractivity contribution is 0.0630. The van der Waals surface area contributed by atoms with Crippen molar-refractivity contribution < 1.29 is 4.79 Å². The summed E-state index contributed by atoms with van der Waals surface area (Å²) in [6.45, 7) is 14.2. The first-order valence-electron chi connectivity index (χ1n) is 9.78. The molecule has 152 valence electrons. The molecular weight excluding hydrogens is 356 g/mol. The van der Waals surface area contributed by atoms with Crippen molar-refractivity contribution in [3.8, 4) is 0 Å². The van der Waals surface area contributed by atoms with E-state index in [4.69, 9.17) is 0 Å². The third-order valence-electron chi connectivity index (χ3n) is 5.26. The molecule has 1 amide bonds. The molecular formula is C20H30N6O2. The minimum atomic E-state index is -0.0925. The molecule has 1 saturated heterocycles. The Bertz CT molecular complexity index is 881. The van der Waals surface area contributed by atoms with E-state index in [2.05, 4.69) is 41.0 Å². The molecule has 2 aromatic heterocycles. The van der Waals surface area contributed by atoms with E-state index in [1.54, 1.807) is 10.7 Å². The van der Waals surface area contributed by atoms with Crippen molar-refractivity contribution in [1.29, 1.82) is 0 Å². The highest BCUT2D eigenvalue weighted by Gasteiger charge is 2.25. The molecule has 8 heteroatoms. The van der Waals surface area contributed by atoms with Crippen LogP contribution in [-0.4, -0.2) is 68.4 Å². The normalized spacial score (nSPS) is 15.8. The van der Waals surface area contributed by atoms with Gasteiger partial charge >= 0.3 is 0 Å². The van der Waals surface area contributed by atoms with Gasteiger partial charge in [-0.3, -0.25) is 19.6 Å². The second-order valence-electron chi connectivity index (χ2n) is 8.47. The number of rotatable bonds is 4. The molecule has 0 aliphatic carbocycles. The molecule has 0 atom stereocenters. The zero-order valence-corrected chi connectivity index (χ0v) is 17.4. The van der Waals surface area contributed by atoms with Gasteiger partial charge in [-0.1, -0.05) is 20.8 Å². The molecule has 0 saturated carbocycles. The molecule has 0 bridgehead atoms. The van der Waals surface area contributed by atoms with Gasteiger partial charge in [0.1, 0.15) is 0 Å². The number of nitrogens with zero attached hydrogens (tertiary/aromatic N) is 5. The number of aromatic amines is 1. The summed E-state index contributed by atoms with van der Waals surface area (Å²) in [6.07, 6.45) is 0. The van der Waals surface area contributed by atoms with Crippen molar-refractivity contribution in [2.75, 3.05) is 32.7 Å². The van der Waals surface area contributed by atoms with E-state index in [1.807, 2.05) is 24.8 Å². The third-order valence-corrected chi connectivity index (χ3v) is 5.26. The first-order valence-corrected chi connectivity index (χ1v) is 9.78. The number of nitrogens with one attached hydrogen (secondary N) is 1. The average Bonchev–Trinajstić information content (AvgIpc) is 2.98. The summed E-state index contributed by atoms with van der Waals surface area (Å²) < 4.78 is 1.55. The molecule has 0 spiro atoms. The van der Waals surface area contributed by atoms with E-state index >= 15 is 0 Å². The van der Waals surface area contributed by atoms with Crippen LogP contribution in [-0.2, 0) is 12.0 Å². The summed E-state index contributed by atoms with van der Waals surface area (Å²) in [5, 5.41) is 11.5. The van der Waals surface area contributed by atoms with Crippen LogP contribution < -0.4 is 5.56 Å². The van der Waals surface area contributed by atoms with Crippen molar-refractivity contribution in [1.82, 2.24) is 29.8 Å². The molecule has 28 heavy (non-hydrogen) atoms. The van der Waals surface area contributed by atoms with E-state index in [-0.39, 0.29) is 16.9 Å². The Morgan fingerprint density at radius 1 is 1.11 bits per heavy atom. The molecule has 2 aromatic rings. The lowest BCUT2D eigenvalue weighted by Gasteiger charge is -2.34. The van der Waals surface area contributed by atoms with Gasteiger partial charge in [-0.2, -0.15) is 10.2 Å². The smallest absolute Gasteiger partial charge is 0.266 e. The highest BCUT2D eigenvalue weighted by molar-refractivity contribution is 5.96. The van der Waals surface area contributed by atoms with E-state index in [0.29, 0.717) is 25.2 Å². The Hall–Kier alpha value is -2.48. The molecule has 3 heterocycles. The third kappa shape index (κ3) is 4.32. The fourth-order valence-electron chi connectivity index (χ4n) is 3.44. The molecule has 1 N–H and O–H groups in total. The number of amides is 1. The number of aromatic nitrogens is 4. The molecule has 1 fully saturated rings. The van der Waals surface area contributed by atoms with Crippen LogP contribution in [0.4, 0.5) is 0 Å². The van der Waals surface area contributed by atoms with Crippen molar-refractivity contribution >= 4 is 5.91 Å². The summed E-state index contributed by atoms with van der Waals surface area (Å²) in [5.41, 5.74) is 2.98. The fourth-order valence-corrected chi connectivity index (χ4v) is 3.44. The maximum absolute atomic E-state index is 12.8. The van der Waals surface area contributed by atoms with Crippen LogP contribution in [0.5, 0.6) is 0 Å². The van der Waals surface area contributed by atoms with Crippen LogP contribution in [0.25, 0.3) is 0 Å². The Morgan fingerprint density at radius 3 is 2.36 bits per heavy atom. The second kappa shape index (κ2) is 7.87. The number of aryl methyl sites for hydroxylation is 2. The van der Waals surface area contributed by atoms with Gasteiger partial charge in [0.05, 0.1) is 23.5 Å². The second-order valence-corrected chi connectivity index (χ2v) is 8.47. The predicted octanol–water partition coefficient (Wildman–Crippen LogP) is 1.34. The quantitative estimate of drug-likeness (QED) is 0.857. The number of piperazine rings is 1. The molecule has 0 radical (unpaired) electrons. The number of carbonyl (C=O) groups excluding carboxylic acids is 1. The highest BCUT2D eigenvalue weighted by atomic mass is 16.2. The summed E-state index contributed by atoms with van der Waals surface area (Å²) in [6, 6.07) is 3.41.